The summed E-state index contributed by atoms with van der Waals surface area (Å²) >= 11 is 0. The Kier molecular flexibility index (Phi) is 16.8. The van der Waals surface area contributed by atoms with Gasteiger partial charge in [0.1, 0.15) is 0 Å². The number of fused-ring (bicyclic) bond motifs is 21. The number of carbonyl (C=O) groups is 1. The summed E-state index contributed by atoms with van der Waals surface area (Å²) in [6, 6.07) is 137. The van der Waals surface area contributed by atoms with Crippen LogP contribution in [0.5, 0.6) is 0 Å². The van der Waals surface area contributed by atoms with E-state index in [1.807, 2.05) is 84.9 Å². The molecule has 4 heterocycles. The minimum Gasteiger partial charge on any atom is -0.310 e. The molecule has 0 aromatic heterocycles. The van der Waals surface area contributed by atoms with E-state index in [1.54, 1.807) is 24.3 Å². The molecular weight excluding hydrogens is 1450 g/mol. The molecule has 16 aromatic rings. The van der Waals surface area contributed by atoms with Crippen molar-refractivity contribution in [3.8, 4) is 23.3 Å². The Morgan fingerprint density at radius 1 is 0.239 bits per heavy atom. The van der Waals surface area contributed by atoms with Gasteiger partial charge in [-0.25, -0.2) is 8.42 Å². The number of nitrogens with zero attached hydrogens (tertiary/aromatic N) is 6. The van der Waals surface area contributed by atoms with Gasteiger partial charge in [0, 0.05) is 44.7 Å². The summed E-state index contributed by atoms with van der Waals surface area (Å²) < 4.78 is 27.9. The van der Waals surface area contributed by atoms with Gasteiger partial charge in [-0.1, -0.05) is 270 Å². The zero-order valence-corrected chi connectivity index (χ0v) is 65.6. The fraction of sp³-hybridized carbons (Fsp3) is 0.0748. The predicted octanol–water partition coefficient (Wildman–Crippen LogP) is 25.7. The van der Waals surface area contributed by atoms with Crippen molar-refractivity contribution in [3.05, 3.63) is 477 Å². The number of sulfone groups is 1. The smallest absolute Gasteiger partial charge is 0.206 e. The van der Waals surface area contributed by atoms with Crippen LogP contribution in [0.25, 0.3) is 11.1 Å². The molecule has 0 radical (unpaired) electrons. The summed E-state index contributed by atoms with van der Waals surface area (Å²) in [7, 11) is -3.75. The van der Waals surface area contributed by atoms with Crippen LogP contribution in [-0.2, 0) is 31.5 Å². The molecule has 0 N–H and O–H groups in total. The summed E-state index contributed by atoms with van der Waals surface area (Å²) in [4.78, 5) is 23.3. The van der Waals surface area contributed by atoms with Crippen LogP contribution < -0.4 is 19.6 Å². The molecule has 0 amide bonds. The molecule has 22 rings (SSSR count). The zero-order chi connectivity index (χ0) is 79.5. The molecule has 0 unspecified atom stereocenters. The monoisotopic (exact) mass is 1520 g/mol. The minimum absolute atomic E-state index is 0.0947. The van der Waals surface area contributed by atoms with E-state index in [2.05, 4.69) is 338 Å². The summed E-state index contributed by atoms with van der Waals surface area (Å²) in [6.45, 7) is 9.03. The van der Waals surface area contributed by atoms with Crippen LogP contribution in [0.15, 0.2) is 398 Å². The highest BCUT2D eigenvalue weighted by atomic mass is 32.2. The number of anilines is 12. The molecular formula is C107H76N6O3S. The number of rotatable bonds is 6. The van der Waals surface area contributed by atoms with Crippen LogP contribution >= 0.6 is 0 Å². The Labute approximate surface area is 682 Å². The molecule has 0 saturated heterocycles. The lowest BCUT2D eigenvalue weighted by molar-refractivity contribution is 0.103. The van der Waals surface area contributed by atoms with E-state index in [4.69, 9.17) is 0 Å². The molecule has 6 aliphatic rings. The third-order valence-corrected chi connectivity index (χ3v) is 26.6. The predicted molar refractivity (Wildman–Crippen MR) is 470 cm³/mol. The molecule has 0 bridgehead atoms. The van der Waals surface area contributed by atoms with E-state index in [0.717, 1.165) is 124 Å². The Balaban J connectivity index is 0.000000115. The van der Waals surface area contributed by atoms with Gasteiger partial charge in [0.25, 0.3) is 0 Å². The van der Waals surface area contributed by atoms with Crippen LogP contribution in [0.4, 0.5) is 68.2 Å². The summed E-state index contributed by atoms with van der Waals surface area (Å²) in [5, 5.41) is 19.7. The SMILES string of the molecule is CC1(C)c2ccccc2N(c2ccc(S(=O)(=O)c3ccc(N4c5ccccc5C(C)(C)c5ccccc54)cc3)cc2)c2ccccc21.N#Cc1ccc2c(c1)C1(c3cc(C#N)ccc3-2)c2ccccc2N(c2ccccc2)c2ccccc21.O=C1c2ccccc2C2(c3ccccc31)c1ccccc1N(c1ccccc1)c1ccccc12. The highest BCUT2D eigenvalue weighted by molar-refractivity contribution is 7.91. The van der Waals surface area contributed by atoms with Crippen molar-refractivity contribution in [1.82, 2.24) is 0 Å². The third kappa shape index (κ3) is 10.7. The van der Waals surface area contributed by atoms with Gasteiger partial charge in [0.15, 0.2) is 5.78 Å². The van der Waals surface area contributed by atoms with Crippen molar-refractivity contribution in [2.24, 2.45) is 0 Å². The van der Waals surface area contributed by atoms with Crippen LogP contribution in [0.3, 0.4) is 0 Å². The van der Waals surface area contributed by atoms with Gasteiger partial charge in [-0.3, -0.25) is 4.79 Å². The Morgan fingerprint density at radius 3 is 0.761 bits per heavy atom. The molecule has 0 saturated carbocycles. The van der Waals surface area contributed by atoms with Crippen molar-refractivity contribution in [2.45, 2.75) is 59.1 Å². The lowest BCUT2D eigenvalue weighted by Crippen LogP contribution is -2.42. The maximum Gasteiger partial charge on any atom is 0.206 e. The molecule has 9 nitrogen and oxygen atoms in total. The lowest BCUT2D eigenvalue weighted by atomic mass is 9.57. The van der Waals surface area contributed by atoms with E-state index in [-0.39, 0.29) is 26.4 Å². The number of para-hydroxylation sites is 10. The van der Waals surface area contributed by atoms with E-state index < -0.39 is 20.7 Å². The maximum atomic E-state index is 13.9. The molecule has 4 aliphatic heterocycles. The first kappa shape index (κ1) is 71.4. The maximum absolute atomic E-state index is 13.9. The normalized spacial score (nSPS) is 14.8. The second kappa shape index (κ2) is 27.6. The minimum atomic E-state index is -3.75. The van der Waals surface area contributed by atoms with Crippen LogP contribution in [-0.4, -0.2) is 14.2 Å². The van der Waals surface area contributed by atoms with Crippen molar-refractivity contribution in [3.63, 3.8) is 0 Å². The molecule has 2 aliphatic carbocycles. The quantitative estimate of drug-likeness (QED) is 0.161. The van der Waals surface area contributed by atoms with E-state index in [0.29, 0.717) is 11.1 Å². The van der Waals surface area contributed by atoms with Crippen molar-refractivity contribution in [1.29, 1.82) is 10.5 Å². The van der Waals surface area contributed by atoms with Gasteiger partial charge < -0.3 is 19.6 Å². The molecule has 558 valence electrons. The number of ketones is 1. The zero-order valence-electron chi connectivity index (χ0n) is 64.8. The van der Waals surface area contributed by atoms with Gasteiger partial charge in [0.2, 0.25) is 9.84 Å². The van der Waals surface area contributed by atoms with Gasteiger partial charge >= 0.3 is 0 Å². The molecule has 2 spiro atoms. The van der Waals surface area contributed by atoms with Gasteiger partial charge in [-0.2, -0.15) is 10.5 Å². The van der Waals surface area contributed by atoms with E-state index in [1.165, 1.54) is 33.4 Å². The van der Waals surface area contributed by atoms with Crippen LogP contribution in [0.1, 0.15) is 122 Å². The topological polar surface area (TPSA) is 112 Å². The van der Waals surface area contributed by atoms with E-state index >= 15 is 0 Å². The molecule has 10 heteroatoms. The highest BCUT2D eigenvalue weighted by Crippen LogP contribution is 2.65. The molecule has 0 atom stereocenters. The summed E-state index contributed by atoms with van der Waals surface area (Å²) in [5.74, 6) is 0.0947. The van der Waals surface area contributed by atoms with Crippen molar-refractivity contribution in [2.75, 3.05) is 19.6 Å². The number of benzene rings is 16. The first-order chi connectivity index (χ1) is 57.2. The van der Waals surface area contributed by atoms with Crippen LogP contribution in [0.2, 0.25) is 0 Å². The van der Waals surface area contributed by atoms with Crippen LogP contribution in [0, 0.1) is 22.7 Å². The third-order valence-electron chi connectivity index (χ3n) is 24.9. The Hall–Kier alpha value is -14.7. The number of nitriles is 2. The van der Waals surface area contributed by atoms with E-state index in [9.17, 15) is 23.7 Å². The second-order valence-corrected chi connectivity index (χ2v) is 33.5. The Morgan fingerprint density at radius 2 is 0.470 bits per heavy atom. The average Bonchev–Trinajstić information content (AvgIpc) is 1.61. The van der Waals surface area contributed by atoms with Gasteiger partial charge in [0.05, 0.1) is 89.4 Å². The molecule has 117 heavy (non-hydrogen) atoms. The van der Waals surface area contributed by atoms with Crippen molar-refractivity contribution < 1.29 is 13.2 Å². The lowest BCUT2D eigenvalue weighted by Gasteiger charge is -2.48. The fourth-order valence-corrected chi connectivity index (χ4v) is 21.0. The first-order valence-corrected chi connectivity index (χ1v) is 41.0. The summed E-state index contributed by atoms with van der Waals surface area (Å²) in [6.07, 6.45) is 0. The number of hydrogen-bond donors (Lipinski definition) is 0. The fourth-order valence-electron chi connectivity index (χ4n) is 19.7. The average molecular weight is 1530 g/mol. The standard InChI is InChI=1S/C42H36N2O2S.C33H19N3.C32H21NO/c1-41(2)33-13-5-9-17-37(33)43(38-18-10-6-14-34(38)41)29-21-25-31(26-22-29)47(45,46)32-27-23-30(24-28-32)44-39-19-11-7-15-35(39)42(3,4)36-16-8-12-20-40(36)44;34-20-22-14-16-25-26-17-15-23(21-35)19-30(26)33(29(25)18-22)27-10-4-6-12-31(27)36(24-8-2-1-3-9-24)32-13-7-5-11-28(32)33;34-31-23-14-4-6-16-25(23)32(26-17-7-5-15-24(26)31)27-18-8-10-20-29(27)33(22-12-2-1-3-13-22)30-21-11-9-19-28(30)32/h5-28H,1-4H3;1-19H;1-21H. The highest BCUT2D eigenvalue weighted by Gasteiger charge is 2.54. The Bertz CT molecular complexity index is 6470. The van der Waals surface area contributed by atoms with Gasteiger partial charge in [-0.15, -0.1) is 0 Å². The number of carbonyl (C=O) groups excluding carboxylic acids is 1. The molecule has 16 aromatic carbocycles. The molecule has 0 fully saturated rings. The van der Waals surface area contributed by atoms with Gasteiger partial charge in [-0.05, 0) is 223 Å². The number of hydrogen-bond acceptors (Lipinski definition) is 9. The largest absolute Gasteiger partial charge is 0.310 e. The summed E-state index contributed by atoms with van der Waals surface area (Å²) in [5.41, 5.74) is 30.2. The van der Waals surface area contributed by atoms with Crippen molar-refractivity contribution >= 4 is 83.9 Å². The first-order valence-electron chi connectivity index (χ1n) is 39.5. The second-order valence-electron chi connectivity index (χ2n) is 31.6.